The fourth-order valence-electron chi connectivity index (χ4n) is 4.86. The molecule has 0 saturated carbocycles. The van der Waals surface area contributed by atoms with Gasteiger partial charge in [0.05, 0.1) is 5.60 Å². The van der Waals surface area contributed by atoms with Gasteiger partial charge in [0.1, 0.15) is 0 Å². The first-order valence-corrected chi connectivity index (χ1v) is 10.3. The van der Waals surface area contributed by atoms with Crippen LogP contribution in [0.3, 0.4) is 0 Å². The van der Waals surface area contributed by atoms with Crippen LogP contribution in [-0.4, -0.2) is 10.7 Å². The van der Waals surface area contributed by atoms with Gasteiger partial charge in [-0.1, -0.05) is 97.9 Å². The van der Waals surface area contributed by atoms with Crippen molar-refractivity contribution in [2.75, 3.05) is 0 Å². The van der Waals surface area contributed by atoms with E-state index in [1.165, 1.54) is 16.7 Å². The number of hydrogen-bond donors (Lipinski definition) is 2. The third kappa shape index (κ3) is 3.89. The lowest BCUT2D eigenvalue weighted by Gasteiger charge is -2.49. The topological polar surface area (TPSA) is 32.3 Å². The third-order valence-corrected chi connectivity index (χ3v) is 6.18. The van der Waals surface area contributed by atoms with Crippen LogP contribution in [0, 0.1) is 5.92 Å². The molecule has 0 aromatic heterocycles. The summed E-state index contributed by atoms with van der Waals surface area (Å²) in [6.45, 7) is 2.20. The summed E-state index contributed by atoms with van der Waals surface area (Å²) in [4.78, 5) is 0. The quantitative estimate of drug-likeness (QED) is 0.624. The summed E-state index contributed by atoms with van der Waals surface area (Å²) in [6, 6.07) is 31.8. The Morgan fingerprint density at radius 3 is 1.93 bits per heavy atom. The highest BCUT2D eigenvalue weighted by Gasteiger charge is 2.47. The van der Waals surface area contributed by atoms with Crippen LogP contribution >= 0.6 is 0 Å². The first-order valence-electron chi connectivity index (χ1n) is 10.3. The van der Waals surface area contributed by atoms with Gasteiger partial charge in [0, 0.05) is 24.4 Å². The molecule has 28 heavy (non-hydrogen) atoms. The second-order valence-electron chi connectivity index (χ2n) is 8.00. The molecule has 0 aliphatic carbocycles. The van der Waals surface area contributed by atoms with Crippen molar-refractivity contribution in [3.63, 3.8) is 0 Å². The van der Waals surface area contributed by atoms with E-state index in [4.69, 9.17) is 0 Å². The van der Waals surface area contributed by atoms with E-state index in [9.17, 15) is 5.11 Å². The average Bonchev–Trinajstić information content (AvgIpc) is 2.75. The van der Waals surface area contributed by atoms with Crippen molar-refractivity contribution in [3.05, 3.63) is 108 Å². The van der Waals surface area contributed by atoms with Gasteiger partial charge in [-0.2, -0.15) is 0 Å². The van der Waals surface area contributed by atoms with Gasteiger partial charge in [0.2, 0.25) is 0 Å². The number of benzene rings is 3. The van der Waals surface area contributed by atoms with Crippen molar-refractivity contribution in [1.29, 1.82) is 0 Å². The molecule has 0 bridgehead atoms. The number of rotatable bonds is 5. The average molecular weight is 372 g/mol. The van der Waals surface area contributed by atoms with Crippen LogP contribution in [0.1, 0.15) is 48.5 Å². The molecule has 3 aromatic rings. The number of nitrogens with one attached hydrogen (secondary N) is 1. The van der Waals surface area contributed by atoms with Crippen molar-refractivity contribution in [2.45, 2.75) is 43.9 Å². The summed E-state index contributed by atoms with van der Waals surface area (Å²) in [5.74, 6) is 0.148. The summed E-state index contributed by atoms with van der Waals surface area (Å²) in [5, 5.41) is 15.9. The van der Waals surface area contributed by atoms with Gasteiger partial charge in [0.15, 0.2) is 0 Å². The largest absolute Gasteiger partial charge is 0.389 e. The Balaban J connectivity index is 1.73. The van der Waals surface area contributed by atoms with Gasteiger partial charge in [-0.25, -0.2) is 0 Å². The molecule has 0 spiro atoms. The first kappa shape index (κ1) is 18.9. The van der Waals surface area contributed by atoms with Crippen LogP contribution in [0.4, 0.5) is 0 Å². The lowest BCUT2D eigenvalue weighted by atomic mass is 9.67. The third-order valence-electron chi connectivity index (χ3n) is 6.18. The van der Waals surface area contributed by atoms with E-state index in [-0.39, 0.29) is 18.0 Å². The van der Waals surface area contributed by atoms with Crippen LogP contribution in [-0.2, 0) is 6.42 Å². The Morgan fingerprint density at radius 1 is 0.821 bits per heavy atom. The summed E-state index contributed by atoms with van der Waals surface area (Å²) in [5.41, 5.74) is 2.93. The zero-order chi connectivity index (χ0) is 19.4. The SMILES string of the molecule is CC[C@@H]1[C@H](c2ccccc2)N[C@@H](c2ccccc2)C[C@]1(O)Cc1ccccc1. The predicted octanol–water partition coefficient (Wildman–Crippen LogP) is 5.46. The molecule has 0 amide bonds. The van der Waals surface area contributed by atoms with Crippen LogP contribution < -0.4 is 5.32 Å². The molecule has 4 atom stereocenters. The maximum Gasteiger partial charge on any atom is 0.0752 e. The lowest BCUT2D eigenvalue weighted by Crippen LogP contribution is -2.54. The number of piperidine rings is 1. The maximum absolute atomic E-state index is 12.0. The number of hydrogen-bond acceptors (Lipinski definition) is 2. The zero-order valence-corrected chi connectivity index (χ0v) is 16.5. The Hall–Kier alpha value is -2.42. The Morgan fingerprint density at radius 2 is 1.36 bits per heavy atom. The first-order chi connectivity index (χ1) is 13.7. The smallest absolute Gasteiger partial charge is 0.0752 e. The molecule has 144 valence electrons. The molecule has 3 aromatic carbocycles. The lowest BCUT2D eigenvalue weighted by molar-refractivity contribution is -0.0761. The molecule has 0 unspecified atom stereocenters. The van der Waals surface area contributed by atoms with E-state index in [2.05, 4.69) is 91.1 Å². The molecule has 2 nitrogen and oxygen atoms in total. The molecule has 2 N–H and O–H groups in total. The minimum absolute atomic E-state index is 0.124. The molecular weight excluding hydrogens is 342 g/mol. The second kappa shape index (κ2) is 8.30. The van der Waals surface area contributed by atoms with E-state index >= 15 is 0 Å². The fraction of sp³-hybridized carbons (Fsp3) is 0.308. The van der Waals surface area contributed by atoms with Gasteiger partial charge in [-0.05, 0) is 29.5 Å². The van der Waals surface area contributed by atoms with Crippen molar-refractivity contribution in [2.24, 2.45) is 5.92 Å². The molecule has 1 aliphatic heterocycles. The van der Waals surface area contributed by atoms with E-state index in [0.717, 1.165) is 6.42 Å². The van der Waals surface area contributed by atoms with E-state index in [0.29, 0.717) is 12.8 Å². The standard InChI is InChI=1S/C26H29NO/c1-2-23-25(22-16-10-5-11-17-22)27-24(21-14-8-4-9-15-21)19-26(23,28)18-20-12-6-3-7-13-20/h3-17,23-25,27-28H,2,18-19H2,1H3/t23-,24-,25+,26-/m1/s1. The predicted molar refractivity (Wildman–Crippen MR) is 115 cm³/mol. The maximum atomic E-state index is 12.0. The molecule has 4 rings (SSSR count). The molecule has 1 aliphatic rings. The van der Waals surface area contributed by atoms with E-state index in [1.54, 1.807) is 0 Å². The van der Waals surface area contributed by atoms with Gasteiger partial charge < -0.3 is 10.4 Å². The zero-order valence-electron chi connectivity index (χ0n) is 16.5. The van der Waals surface area contributed by atoms with Crippen molar-refractivity contribution in [1.82, 2.24) is 5.32 Å². The molecule has 0 radical (unpaired) electrons. The Labute approximate surface area is 168 Å². The van der Waals surface area contributed by atoms with Gasteiger partial charge >= 0.3 is 0 Å². The van der Waals surface area contributed by atoms with Crippen molar-refractivity contribution < 1.29 is 5.11 Å². The van der Waals surface area contributed by atoms with Crippen LogP contribution in [0.5, 0.6) is 0 Å². The summed E-state index contributed by atoms with van der Waals surface area (Å²) in [7, 11) is 0. The van der Waals surface area contributed by atoms with Crippen molar-refractivity contribution in [3.8, 4) is 0 Å². The molecule has 1 saturated heterocycles. The Kier molecular flexibility index (Phi) is 5.61. The van der Waals surface area contributed by atoms with Gasteiger partial charge in [-0.3, -0.25) is 0 Å². The van der Waals surface area contributed by atoms with Crippen LogP contribution in [0.15, 0.2) is 91.0 Å². The summed E-state index contributed by atoms with van der Waals surface area (Å²) in [6.07, 6.45) is 2.33. The Bertz CT molecular complexity index is 865. The molecule has 1 heterocycles. The van der Waals surface area contributed by atoms with Crippen LogP contribution in [0.25, 0.3) is 0 Å². The molecule has 2 heteroatoms. The van der Waals surface area contributed by atoms with Gasteiger partial charge in [0.25, 0.3) is 0 Å². The number of aliphatic hydroxyl groups is 1. The molecule has 1 fully saturated rings. The minimum atomic E-state index is -0.762. The van der Waals surface area contributed by atoms with E-state index < -0.39 is 5.60 Å². The van der Waals surface area contributed by atoms with E-state index in [1.807, 2.05) is 12.1 Å². The van der Waals surface area contributed by atoms with Crippen molar-refractivity contribution >= 4 is 0 Å². The summed E-state index contributed by atoms with van der Waals surface area (Å²) >= 11 is 0. The van der Waals surface area contributed by atoms with Crippen LogP contribution in [0.2, 0.25) is 0 Å². The monoisotopic (exact) mass is 371 g/mol. The highest BCUT2D eigenvalue weighted by atomic mass is 16.3. The molecular formula is C26H29NO. The van der Waals surface area contributed by atoms with Gasteiger partial charge in [-0.15, -0.1) is 0 Å². The summed E-state index contributed by atoms with van der Waals surface area (Å²) < 4.78 is 0. The minimum Gasteiger partial charge on any atom is -0.389 e. The second-order valence-corrected chi connectivity index (χ2v) is 8.00. The fourth-order valence-corrected chi connectivity index (χ4v) is 4.86. The highest BCUT2D eigenvalue weighted by Crippen LogP contribution is 2.46. The highest BCUT2D eigenvalue weighted by molar-refractivity contribution is 5.28. The normalized spacial score (nSPS) is 27.4.